The molecule has 0 unspecified atom stereocenters. The normalized spacial score (nSPS) is 12.4. The van der Waals surface area contributed by atoms with Gasteiger partial charge in [-0.15, -0.1) is 0 Å². The fraction of sp³-hybridized carbons (Fsp3) is 0.167. The van der Waals surface area contributed by atoms with Crippen molar-refractivity contribution < 1.29 is 35.9 Å². The topological polar surface area (TPSA) is 42.1 Å². The molecule has 0 atom stereocenters. The number of carbonyl (C=O) groups is 1. The summed E-state index contributed by atoms with van der Waals surface area (Å²) >= 11 is 0. The lowest BCUT2D eigenvalue weighted by molar-refractivity contribution is -0.141. The van der Waals surface area contributed by atoms with Gasteiger partial charge in [0.2, 0.25) is 0 Å². The number of ketones is 1. The van der Waals surface area contributed by atoms with E-state index in [0.717, 1.165) is 17.7 Å². The van der Waals surface area contributed by atoms with Gasteiger partial charge in [0.25, 0.3) is 5.78 Å². The van der Waals surface area contributed by atoms with Gasteiger partial charge in [0.05, 0.1) is 5.56 Å². The summed E-state index contributed by atoms with van der Waals surface area (Å²) in [5.41, 5.74) is -2.69. The number of aromatic nitrogens is 1. The number of nitrogens with one attached hydrogen (secondary N) is 1. The Balaban J connectivity index is 2.05. The van der Waals surface area contributed by atoms with Crippen molar-refractivity contribution >= 4 is 16.7 Å². The van der Waals surface area contributed by atoms with Crippen LogP contribution in [-0.2, 0) is 12.8 Å². The molecular formula is C18H11F6NO2. The molecule has 27 heavy (non-hydrogen) atoms. The van der Waals surface area contributed by atoms with Crippen molar-refractivity contribution in [3.63, 3.8) is 0 Å². The second-order valence-electron chi connectivity index (χ2n) is 5.68. The second-order valence-corrected chi connectivity index (χ2v) is 5.68. The molecule has 3 rings (SSSR count). The van der Waals surface area contributed by atoms with Crippen LogP contribution in [0.5, 0.6) is 5.75 Å². The molecule has 0 fully saturated rings. The van der Waals surface area contributed by atoms with Gasteiger partial charge in [-0.1, -0.05) is 30.3 Å². The predicted octanol–water partition coefficient (Wildman–Crippen LogP) is 5.51. The van der Waals surface area contributed by atoms with Crippen molar-refractivity contribution in [3.05, 3.63) is 65.4 Å². The van der Waals surface area contributed by atoms with Gasteiger partial charge >= 0.3 is 12.4 Å². The van der Waals surface area contributed by atoms with Crippen molar-refractivity contribution in [2.45, 2.75) is 19.0 Å². The van der Waals surface area contributed by atoms with Crippen molar-refractivity contribution in [3.8, 4) is 5.75 Å². The van der Waals surface area contributed by atoms with Crippen LogP contribution in [0.4, 0.5) is 26.3 Å². The van der Waals surface area contributed by atoms with E-state index in [9.17, 15) is 31.1 Å². The van der Waals surface area contributed by atoms with Gasteiger partial charge in [-0.3, -0.25) is 4.79 Å². The maximum absolute atomic E-state index is 13.1. The molecule has 0 saturated heterocycles. The van der Waals surface area contributed by atoms with Crippen LogP contribution < -0.4 is 4.74 Å². The Morgan fingerprint density at radius 1 is 0.963 bits per heavy atom. The molecule has 9 heteroatoms. The third-order valence-corrected chi connectivity index (χ3v) is 3.79. The number of alkyl halides is 6. The summed E-state index contributed by atoms with van der Waals surface area (Å²) in [5.74, 6) is -2.53. The van der Waals surface area contributed by atoms with Gasteiger partial charge in [-0.05, 0) is 23.8 Å². The van der Waals surface area contributed by atoms with E-state index in [1.807, 2.05) is 4.98 Å². The van der Waals surface area contributed by atoms with Crippen molar-refractivity contribution in [2.75, 3.05) is 0 Å². The van der Waals surface area contributed by atoms with E-state index >= 15 is 0 Å². The molecular weight excluding hydrogens is 376 g/mol. The summed E-state index contributed by atoms with van der Waals surface area (Å²) in [7, 11) is 0. The molecule has 1 heterocycles. The molecule has 3 aromatic rings. The highest BCUT2D eigenvalue weighted by Crippen LogP contribution is 2.39. The number of ether oxygens (including phenoxy) is 1. The Hall–Kier alpha value is -2.97. The molecule has 0 aliphatic carbocycles. The van der Waals surface area contributed by atoms with Crippen LogP contribution in [0, 0.1) is 0 Å². The molecule has 0 amide bonds. The zero-order valence-corrected chi connectivity index (χ0v) is 13.4. The van der Waals surface area contributed by atoms with Crippen LogP contribution in [0.25, 0.3) is 10.9 Å². The van der Waals surface area contributed by atoms with E-state index in [1.165, 1.54) is 6.07 Å². The SMILES string of the molecule is O=C(c1c(C(F)(F)F)[nH]c2ccc(OCc3ccccc3)cc12)C(F)(F)F. The third-order valence-electron chi connectivity index (χ3n) is 3.79. The van der Waals surface area contributed by atoms with Crippen LogP contribution in [0.2, 0.25) is 0 Å². The van der Waals surface area contributed by atoms with E-state index < -0.39 is 34.8 Å². The lowest BCUT2D eigenvalue weighted by Gasteiger charge is -2.10. The summed E-state index contributed by atoms with van der Waals surface area (Å²) in [6.07, 6.45) is -10.6. The number of carbonyl (C=O) groups excluding carboxylic acids is 1. The Bertz CT molecular complexity index is 973. The first-order valence-corrected chi connectivity index (χ1v) is 7.58. The molecule has 1 aromatic heterocycles. The average Bonchev–Trinajstić information content (AvgIpc) is 2.98. The number of rotatable bonds is 4. The number of hydrogen-bond donors (Lipinski definition) is 1. The van der Waals surface area contributed by atoms with Crippen LogP contribution in [-0.4, -0.2) is 16.9 Å². The third kappa shape index (κ3) is 3.91. The quantitative estimate of drug-likeness (QED) is 0.474. The summed E-state index contributed by atoms with van der Waals surface area (Å²) in [6.45, 7) is 0.0610. The zero-order valence-electron chi connectivity index (χ0n) is 13.4. The van der Waals surface area contributed by atoms with Gasteiger partial charge in [-0.2, -0.15) is 26.3 Å². The minimum absolute atomic E-state index is 0.0373. The first-order valence-electron chi connectivity index (χ1n) is 7.58. The Kier molecular flexibility index (Phi) is 4.63. The van der Waals surface area contributed by atoms with Crippen LogP contribution in [0.15, 0.2) is 48.5 Å². The van der Waals surface area contributed by atoms with Crippen molar-refractivity contribution in [2.24, 2.45) is 0 Å². The minimum Gasteiger partial charge on any atom is -0.489 e. The summed E-state index contributed by atoms with van der Waals surface area (Å²) in [5, 5.41) is -0.504. The van der Waals surface area contributed by atoms with Gasteiger partial charge < -0.3 is 9.72 Å². The molecule has 1 N–H and O–H groups in total. The van der Waals surface area contributed by atoms with Gasteiger partial charge in [0.1, 0.15) is 18.1 Å². The van der Waals surface area contributed by atoms with E-state index in [4.69, 9.17) is 4.74 Å². The maximum atomic E-state index is 13.1. The van der Waals surface area contributed by atoms with E-state index in [-0.39, 0.29) is 17.9 Å². The predicted molar refractivity (Wildman–Crippen MR) is 84.5 cm³/mol. The van der Waals surface area contributed by atoms with E-state index in [1.54, 1.807) is 30.3 Å². The molecule has 0 saturated carbocycles. The number of aromatic amines is 1. The smallest absolute Gasteiger partial charge is 0.454 e. The first-order chi connectivity index (χ1) is 12.6. The molecule has 2 aromatic carbocycles. The fourth-order valence-electron chi connectivity index (χ4n) is 2.59. The van der Waals surface area contributed by atoms with Gasteiger partial charge in [-0.25, -0.2) is 0 Å². The summed E-state index contributed by atoms with van der Waals surface area (Å²) in [6, 6.07) is 12.2. The molecule has 0 bridgehead atoms. The van der Waals surface area contributed by atoms with Crippen LogP contribution in [0.1, 0.15) is 21.6 Å². The Labute approximate surface area is 148 Å². The lowest BCUT2D eigenvalue weighted by Crippen LogP contribution is -2.25. The number of fused-ring (bicyclic) bond motifs is 1. The fourth-order valence-corrected chi connectivity index (χ4v) is 2.59. The molecule has 0 aliphatic rings. The zero-order chi connectivity index (χ0) is 19.8. The Morgan fingerprint density at radius 3 is 2.22 bits per heavy atom. The summed E-state index contributed by atoms with van der Waals surface area (Å²) in [4.78, 5) is 13.5. The van der Waals surface area contributed by atoms with Gasteiger partial charge in [0, 0.05) is 10.9 Å². The molecule has 3 nitrogen and oxygen atoms in total. The van der Waals surface area contributed by atoms with Crippen LogP contribution >= 0.6 is 0 Å². The minimum atomic E-state index is -5.45. The summed E-state index contributed by atoms with van der Waals surface area (Å²) < 4.78 is 83.2. The largest absolute Gasteiger partial charge is 0.489 e. The van der Waals surface area contributed by atoms with Gasteiger partial charge in [0.15, 0.2) is 0 Å². The number of hydrogen-bond acceptors (Lipinski definition) is 2. The van der Waals surface area contributed by atoms with Crippen molar-refractivity contribution in [1.29, 1.82) is 0 Å². The molecule has 0 radical (unpaired) electrons. The molecule has 0 spiro atoms. The number of H-pyrrole nitrogens is 1. The standard InChI is InChI=1S/C18H11F6NO2/c19-17(20,21)15-14(16(26)18(22,23)24)12-8-11(6-7-13(12)25-15)27-9-10-4-2-1-3-5-10/h1-8,25H,9H2. The second kappa shape index (κ2) is 6.64. The molecule has 142 valence electrons. The number of Topliss-reactive ketones (excluding diaryl/α,β-unsaturated/α-hetero) is 1. The highest BCUT2D eigenvalue weighted by atomic mass is 19.4. The number of benzene rings is 2. The molecule has 0 aliphatic heterocycles. The first kappa shape index (κ1) is 18.8. The Morgan fingerprint density at radius 2 is 1.63 bits per heavy atom. The highest BCUT2D eigenvalue weighted by Gasteiger charge is 2.47. The van der Waals surface area contributed by atoms with Crippen LogP contribution in [0.3, 0.4) is 0 Å². The highest BCUT2D eigenvalue weighted by molar-refractivity contribution is 6.12. The maximum Gasteiger partial charge on any atom is 0.454 e. The number of halogens is 6. The average molecular weight is 387 g/mol. The van der Waals surface area contributed by atoms with E-state index in [0.29, 0.717) is 0 Å². The van der Waals surface area contributed by atoms with E-state index in [2.05, 4.69) is 0 Å². The van der Waals surface area contributed by atoms with Crippen molar-refractivity contribution in [1.82, 2.24) is 4.98 Å². The monoisotopic (exact) mass is 387 g/mol. The lowest BCUT2D eigenvalue weighted by atomic mass is 10.1.